The third-order valence-corrected chi connectivity index (χ3v) is 4.23. The van der Waals surface area contributed by atoms with Crippen LogP contribution in [0, 0.1) is 0 Å². The van der Waals surface area contributed by atoms with Crippen LogP contribution in [0.5, 0.6) is 0 Å². The van der Waals surface area contributed by atoms with E-state index in [2.05, 4.69) is 10.0 Å². The minimum Gasteiger partial charge on any atom is -0.388 e. The molecule has 1 aliphatic rings. The zero-order valence-corrected chi connectivity index (χ0v) is 11.2. The molecular weight excluding hydrogens is 252 g/mol. The fraction of sp³-hybridized carbons (Fsp3) is 0.500. The van der Waals surface area contributed by atoms with Crippen molar-refractivity contribution in [3.63, 3.8) is 0 Å². The highest BCUT2D eigenvalue weighted by Crippen LogP contribution is 2.17. The molecule has 100 valence electrons. The van der Waals surface area contributed by atoms with Gasteiger partial charge in [-0.15, -0.1) is 0 Å². The molecule has 0 spiro atoms. The second kappa shape index (κ2) is 5.58. The average molecular weight is 270 g/mol. The van der Waals surface area contributed by atoms with Crippen molar-refractivity contribution in [3.8, 4) is 0 Å². The summed E-state index contributed by atoms with van der Waals surface area (Å²) in [6.45, 7) is 0.664. The van der Waals surface area contributed by atoms with Crippen LogP contribution < -0.4 is 10.0 Å². The molecule has 2 rings (SSSR count). The van der Waals surface area contributed by atoms with Gasteiger partial charge in [0.25, 0.3) is 0 Å². The largest absolute Gasteiger partial charge is 0.388 e. The van der Waals surface area contributed by atoms with Crippen molar-refractivity contribution < 1.29 is 13.2 Å². The maximum absolute atomic E-state index is 11.9. The van der Waals surface area contributed by atoms with Gasteiger partial charge in [0.15, 0.2) is 0 Å². The third-order valence-electron chi connectivity index (χ3n) is 2.88. The fourth-order valence-electron chi connectivity index (χ4n) is 1.95. The Hall–Kier alpha value is -1.27. The zero-order chi connectivity index (χ0) is 13.0. The highest BCUT2D eigenvalue weighted by Gasteiger charge is 2.23. The zero-order valence-electron chi connectivity index (χ0n) is 10.3. The predicted octanol–water partition coefficient (Wildman–Crippen LogP) is 1.65. The number of rotatable bonds is 5. The second-order valence-corrected chi connectivity index (χ2v) is 6.11. The third kappa shape index (κ3) is 3.61. The van der Waals surface area contributed by atoms with Gasteiger partial charge in [-0.1, -0.05) is 0 Å². The Balaban J connectivity index is 1.97. The lowest BCUT2D eigenvalue weighted by atomic mass is 10.3. The van der Waals surface area contributed by atoms with E-state index >= 15 is 0 Å². The number of anilines is 2. The van der Waals surface area contributed by atoms with Crippen molar-refractivity contribution in [1.29, 1.82) is 0 Å². The molecule has 1 atom stereocenters. The lowest BCUT2D eigenvalue weighted by molar-refractivity contribution is 0.127. The van der Waals surface area contributed by atoms with Gasteiger partial charge in [-0.3, -0.25) is 4.72 Å². The highest BCUT2D eigenvalue weighted by molar-refractivity contribution is 7.92. The van der Waals surface area contributed by atoms with E-state index in [0.717, 1.165) is 18.5 Å². The first-order valence-corrected chi connectivity index (χ1v) is 7.64. The van der Waals surface area contributed by atoms with Crippen molar-refractivity contribution in [1.82, 2.24) is 0 Å². The Morgan fingerprint density at radius 1 is 1.28 bits per heavy atom. The SMILES string of the molecule is CNc1ccc(NS(=O)(=O)CC2CCCO2)cc1. The predicted molar refractivity (Wildman–Crippen MR) is 72.4 cm³/mol. The maximum Gasteiger partial charge on any atom is 0.235 e. The quantitative estimate of drug-likeness (QED) is 0.853. The number of sulfonamides is 1. The lowest BCUT2D eigenvalue weighted by Crippen LogP contribution is -2.25. The van der Waals surface area contributed by atoms with Gasteiger partial charge < -0.3 is 10.1 Å². The van der Waals surface area contributed by atoms with Crippen LogP contribution in [-0.2, 0) is 14.8 Å². The average Bonchev–Trinajstić information content (AvgIpc) is 2.81. The second-order valence-electron chi connectivity index (χ2n) is 4.35. The molecule has 1 saturated heterocycles. The van der Waals surface area contributed by atoms with Gasteiger partial charge in [0, 0.05) is 25.0 Å². The summed E-state index contributed by atoms with van der Waals surface area (Å²) in [6.07, 6.45) is 1.59. The van der Waals surface area contributed by atoms with Gasteiger partial charge >= 0.3 is 0 Å². The van der Waals surface area contributed by atoms with E-state index < -0.39 is 10.0 Å². The normalized spacial score (nSPS) is 19.7. The van der Waals surface area contributed by atoms with E-state index in [1.807, 2.05) is 19.2 Å². The molecule has 0 aliphatic carbocycles. The molecule has 1 unspecified atom stereocenters. The van der Waals surface area contributed by atoms with Crippen LogP contribution in [-0.4, -0.2) is 33.9 Å². The minimum atomic E-state index is -3.33. The molecule has 0 bridgehead atoms. The van der Waals surface area contributed by atoms with Crippen LogP contribution in [0.1, 0.15) is 12.8 Å². The molecule has 6 heteroatoms. The van der Waals surface area contributed by atoms with Crippen LogP contribution in [0.3, 0.4) is 0 Å². The van der Waals surface area contributed by atoms with Crippen molar-refractivity contribution >= 4 is 21.4 Å². The van der Waals surface area contributed by atoms with E-state index in [1.165, 1.54) is 0 Å². The molecule has 0 radical (unpaired) electrons. The van der Waals surface area contributed by atoms with Crippen molar-refractivity contribution in [2.24, 2.45) is 0 Å². The van der Waals surface area contributed by atoms with E-state index in [0.29, 0.717) is 12.3 Å². The van der Waals surface area contributed by atoms with E-state index in [4.69, 9.17) is 4.74 Å². The smallest absolute Gasteiger partial charge is 0.235 e. The monoisotopic (exact) mass is 270 g/mol. The molecule has 1 aromatic carbocycles. The summed E-state index contributed by atoms with van der Waals surface area (Å²) in [6, 6.07) is 7.12. The summed E-state index contributed by atoms with van der Waals surface area (Å²) in [5.74, 6) is 0.0286. The number of hydrogen-bond acceptors (Lipinski definition) is 4. The Kier molecular flexibility index (Phi) is 4.08. The van der Waals surface area contributed by atoms with Crippen LogP contribution >= 0.6 is 0 Å². The van der Waals surface area contributed by atoms with Gasteiger partial charge in [-0.2, -0.15) is 0 Å². The molecule has 0 amide bonds. The van der Waals surface area contributed by atoms with Gasteiger partial charge in [-0.05, 0) is 37.1 Å². The molecule has 1 aromatic rings. The van der Waals surface area contributed by atoms with E-state index in [9.17, 15) is 8.42 Å². The Morgan fingerprint density at radius 2 is 1.94 bits per heavy atom. The Morgan fingerprint density at radius 3 is 2.50 bits per heavy atom. The molecule has 1 fully saturated rings. The van der Waals surface area contributed by atoms with Crippen LogP contribution in [0.2, 0.25) is 0 Å². The Bertz CT molecular complexity index is 479. The van der Waals surface area contributed by atoms with E-state index in [-0.39, 0.29) is 11.9 Å². The summed E-state index contributed by atoms with van der Waals surface area (Å²) < 4.78 is 31.7. The summed E-state index contributed by atoms with van der Waals surface area (Å²) >= 11 is 0. The molecular formula is C12H18N2O3S. The maximum atomic E-state index is 11.9. The number of hydrogen-bond donors (Lipinski definition) is 2. The number of nitrogens with one attached hydrogen (secondary N) is 2. The fourth-order valence-corrected chi connectivity index (χ4v) is 3.28. The molecule has 0 aromatic heterocycles. The molecule has 18 heavy (non-hydrogen) atoms. The molecule has 2 N–H and O–H groups in total. The molecule has 0 saturated carbocycles. The van der Waals surface area contributed by atoms with E-state index in [1.54, 1.807) is 12.1 Å². The van der Waals surface area contributed by atoms with Gasteiger partial charge in [0.1, 0.15) is 0 Å². The van der Waals surface area contributed by atoms with Crippen molar-refractivity contribution in [2.75, 3.05) is 29.4 Å². The number of benzene rings is 1. The topological polar surface area (TPSA) is 67.4 Å². The minimum absolute atomic E-state index is 0.0286. The Labute approximate surface area is 108 Å². The molecule has 1 aliphatic heterocycles. The summed E-state index contributed by atoms with van der Waals surface area (Å²) in [5.41, 5.74) is 1.52. The van der Waals surface area contributed by atoms with Gasteiger partial charge in [0.05, 0.1) is 11.9 Å². The molecule has 1 heterocycles. The standard InChI is InChI=1S/C12H18N2O3S/c1-13-10-4-6-11(7-5-10)14-18(15,16)9-12-3-2-8-17-12/h4-7,12-14H,2-3,8-9H2,1H3. The van der Waals surface area contributed by atoms with Crippen molar-refractivity contribution in [2.45, 2.75) is 18.9 Å². The highest BCUT2D eigenvalue weighted by atomic mass is 32.2. The van der Waals surface area contributed by atoms with Crippen molar-refractivity contribution in [3.05, 3.63) is 24.3 Å². The lowest BCUT2D eigenvalue weighted by Gasteiger charge is -2.12. The van der Waals surface area contributed by atoms with Crippen LogP contribution in [0.4, 0.5) is 11.4 Å². The first-order chi connectivity index (χ1) is 8.59. The summed E-state index contributed by atoms with van der Waals surface area (Å²) in [7, 11) is -1.52. The van der Waals surface area contributed by atoms with Crippen LogP contribution in [0.25, 0.3) is 0 Å². The first kappa shape index (κ1) is 13.2. The summed E-state index contributed by atoms with van der Waals surface area (Å²) in [4.78, 5) is 0. The number of ether oxygens (including phenoxy) is 1. The molecule has 5 nitrogen and oxygen atoms in total. The first-order valence-electron chi connectivity index (χ1n) is 5.99. The van der Waals surface area contributed by atoms with Gasteiger partial charge in [-0.25, -0.2) is 8.42 Å². The van der Waals surface area contributed by atoms with Crippen LogP contribution in [0.15, 0.2) is 24.3 Å². The summed E-state index contributed by atoms with van der Waals surface area (Å²) in [5, 5.41) is 2.98. The van der Waals surface area contributed by atoms with Gasteiger partial charge in [0.2, 0.25) is 10.0 Å².